The largest absolute Gasteiger partial charge is 0.490 e. The standard InChI is InChI=1S/C14H15NO3/c1-8-9(2)15-11-7-13-12(6-10(11)14(8)16)17-4-3-5-18-13/h6-7H,3-5H2,1-2H3,(H,15,16). The Labute approximate surface area is 105 Å². The van der Waals surface area contributed by atoms with Gasteiger partial charge in [-0.1, -0.05) is 0 Å². The van der Waals surface area contributed by atoms with Gasteiger partial charge in [0.15, 0.2) is 16.9 Å². The summed E-state index contributed by atoms with van der Waals surface area (Å²) < 4.78 is 11.2. The smallest absolute Gasteiger partial charge is 0.192 e. The minimum atomic E-state index is 0.0527. The van der Waals surface area contributed by atoms with Crippen LogP contribution in [0.5, 0.6) is 11.5 Å². The van der Waals surface area contributed by atoms with Gasteiger partial charge >= 0.3 is 0 Å². The van der Waals surface area contributed by atoms with Crippen molar-refractivity contribution >= 4 is 10.9 Å². The van der Waals surface area contributed by atoms with Crippen LogP contribution in [0.15, 0.2) is 16.9 Å². The molecule has 4 nitrogen and oxygen atoms in total. The van der Waals surface area contributed by atoms with E-state index in [2.05, 4.69) is 4.98 Å². The number of aromatic nitrogens is 1. The third-order valence-corrected chi connectivity index (χ3v) is 3.36. The molecule has 0 atom stereocenters. The quantitative estimate of drug-likeness (QED) is 0.774. The molecule has 0 spiro atoms. The van der Waals surface area contributed by atoms with Crippen molar-refractivity contribution in [1.29, 1.82) is 0 Å². The molecule has 94 valence electrons. The van der Waals surface area contributed by atoms with Crippen molar-refractivity contribution in [3.8, 4) is 11.5 Å². The molecule has 1 N–H and O–H groups in total. The molecule has 0 radical (unpaired) electrons. The summed E-state index contributed by atoms with van der Waals surface area (Å²) in [5, 5.41) is 0.655. The van der Waals surface area contributed by atoms with E-state index in [1.807, 2.05) is 19.9 Å². The molecule has 1 aliphatic heterocycles. The van der Waals surface area contributed by atoms with E-state index in [0.717, 1.165) is 23.2 Å². The molecule has 0 unspecified atom stereocenters. The Morgan fingerprint density at radius 1 is 1.11 bits per heavy atom. The summed E-state index contributed by atoms with van der Waals surface area (Å²) >= 11 is 0. The summed E-state index contributed by atoms with van der Waals surface area (Å²) in [6.45, 7) is 5.00. The summed E-state index contributed by atoms with van der Waals surface area (Å²) in [5.74, 6) is 1.37. The number of benzene rings is 1. The lowest BCUT2D eigenvalue weighted by atomic mass is 10.1. The topological polar surface area (TPSA) is 51.3 Å². The van der Waals surface area contributed by atoms with Gasteiger partial charge in [0.2, 0.25) is 0 Å². The van der Waals surface area contributed by atoms with Crippen molar-refractivity contribution in [3.63, 3.8) is 0 Å². The number of hydrogen-bond acceptors (Lipinski definition) is 3. The molecule has 2 aromatic rings. The lowest BCUT2D eigenvalue weighted by Crippen LogP contribution is -2.10. The second kappa shape index (κ2) is 4.05. The number of aryl methyl sites for hydroxylation is 1. The SMILES string of the molecule is Cc1[nH]c2cc3c(cc2c(=O)c1C)OCCCO3. The van der Waals surface area contributed by atoms with E-state index in [4.69, 9.17) is 9.47 Å². The first-order valence-electron chi connectivity index (χ1n) is 6.09. The zero-order chi connectivity index (χ0) is 12.7. The number of fused-ring (bicyclic) bond motifs is 2. The van der Waals surface area contributed by atoms with Gasteiger partial charge < -0.3 is 14.5 Å². The predicted octanol–water partition coefficient (Wildman–Crippen LogP) is 2.31. The number of ether oxygens (including phenoxy) is 2. The van der Waals surface area contributed by atoms with E-state index in [1.165, 1.54) is 0 Å². The summed E-state index contributed by atoms with van der Waals surface area (Å²) in [6, 6.07) is 3.63. The Morgan fingerprint density at radius 2 is 1.78 bits per heavy atom. The van der Waals surface area contributed by atoms with Crippen LogP contribution in [-0.2, 0) is 0 Å². The number of rotatable bonds is 0. The van der Waals surface area contributed by atoms with Crippen LogP contribution in [-0.4, -0.2) is 18.2 Å². The van der Waals surface area contributed by atoms with Gasteiger partial charge in [-0.3, -0.25) is 4.79 Å². The van der Waals surface area contributed by atoms with Crippen LogP contribution < -0.4 is 14.9 Å². The first kappa shape index (κ1) is 11.1. The molecule has 0 amide bonds. The van der Waals surface area contributed by atoms with E-state index < -0.39 is 0 Å². The maximum Gasteiger partial charge on any atom is 0.192 e. The number of nitrogens with one attached hydrogen (secondary N) is 1. The van der Waals surface area contributed by atoms with Gasteiger partial charge in [-0.15, -0.1) is 0 Å². The summed E-state index contributed by atoms with van der Waals surface area (Å²) in [6.07, 6.45) is 0.858. The number of hydrogen-bond donors (Lipinski definition) is 1. The van der Waals surface area contributed by atoms with Crippen molar-refractivity contribution < 1.29 is 9.47 Å². The number of pyridine rings is 1. The highest BCUT2D eigenvalue weighted by Crippen LogP contribution is 2.32. The van der Waals surface area contributed by atoms with Crippen molar-refractivity contribution in [2.75, 3.05) is 13.2 Å². The fourth-order valence-corrected chi connectivity index (χ4v) is 2.17. The zero-order valence-electron chi connectivity index (χ0n) is 10.5. The Hall–Kier alpha value is -1.97. The third-order valence-electron chi connectivity index (χ3n) is 3.36. The van der Waals surface area contributed by atoms with Crippen LogP contribution >= 0.6 is 0 Å². The normalized spacial score (nSPS) is 14.6. The van der Waals surface area contributed by atoms with Crippen LogP contribution in [0.3, 0.4) is 0 Å². The first-order chi connectivity index (χ1) is 8.66. The highest BCUT2D eigenvalue weighted by atomic mass is 16.5. The second-order valence-electron chi connectivity index (χ2n) is 4.60. The molecule has 0 saturated heterocycles. The van der Waals surface area contributed by atoms with Gasteiger partial charge in [-0.05, 0) is 19.9 Å². The zero-order valence-corrected chi connectivity index (χ0v) is 10.5. The van der Waals surface area contributed by atoms with Gasteiger partial charge in [-0.2, -0.15) is 0 Å². The minimum absolute atomic E-state index is 0.0527. The Morgan fingerprint density at radius 3 is 2.50 bits per heavy atom. The number of H-pyrrole nitrogens is 1. The Kier molecular flexibility index (Phi) is 2.51. The van der Waals surface area contributed by atoms with Crippen molar-refractivity contribution in [1.82, 2.24) is 4.98 Å². The molecule has 0 aliphatic carbocycles. The van der Waals surface area contributed by atoms with Crippen molar-refractivity contribution in [3.05, 3.63) is 33.6 Å². The molecular weight excluding hydrogens is 230 g/mol. The van der Waals surface area contributed by atoms with Gasteiger partial charge in [0.1, 0.15) is 0 Å². The first-order valence-corrected chi connectivity index (χ1v) is 6.09. The monoisotopic (exact) mass is 245 g/mol. The maximum atomic E-state index is 12.2. The fourth-order valence-electron chi connectivity index (χ4n) is 2.17. The average molecular weight is 245 g/mol. The van der Waals surface area contributed by atoms with Gasteiger partial charge in [-0.25, -0.2) is 0 Å². The third kappa shape index (κ3) is 1.65. The Balaban J connectivity index is 2.32. The molecule has 0 bridgehead atoms. The van der Waals surface area contributed by atoms with Crippen LogP contribution in [0.1, 0.15) is 17.7 Å². The molecular formula is C14H15NO3. The van der Waals surface area contributed by atoms with Gasteiger partial charge in [0, 0.05) is 29.1 Å². The van der Waals surface area contributed by atoms with E-state index in [0.29, 0.717) is 30.1 Å². The maximum absolute atomic E-state index is 12.2. The van der Waals surface area contributed by atoms with E-state index >= 15 is 0 Å². The summed E-state index contributed by atoms with van der Waals surface area (Å²) in [7, 11) is 0. The van der Waals surface area contributed by atoms with Crippen LogP contribution in [0.2, 0.25) is 0 Å². The van der Waals surface area contributed by atoms with Crippen LogP contribution in [0, 0.1) is 13.8 Å². The molecule has 1 aromatic heterocycles. The summed E-state index contributed by atoms with van der Waals surface area (Å²) in [4.78, 5) is 15.4. The van der Waals surface area contributed by atoms with Crippen molar-refractivity contribution in [2.24, 2.45) is 0 Å². The molecule has 2 heterocycles. The predicted molar refractivity (Wildman–Crippen MR) is 69.6 cm³/mol. The molecule has 0 fully saturated rings. The lowest BCUT2D eigenvalue weighted by molar-refractivity contribution is 0.297. The highest BCUT2D eigenvalue weighted by Gasteiger charge is 2.14. The molecule has 3 rings (SSSR count). The second-order valence-corrected chi connectivity index (χ2v) is 4.60. The average Bonchev–Trinajstić information content (AvgIpc) is 2.59. The molecule has 1 aliphatic rings. The summed E-state index contributed by atoms with van der Waals surface area (Å²) in [5.41, 5.74) is 2.49. The van der Waals surface area contributed by atoms with E-state index in [9.17, 15) is 4.79 Å². The number of aromatic amines is 1. The molecule has 18 heavy (non-hydrogen) atoms. The lowest BCUT2D eigenvalue weighted by Gasteiger charge is -2.10. The van der Waals surface area contributed by atoms with E-state index in [1.54, 1.807) is 6.07 Å². The van der Waals surface area contributed by atoms with Gasteiger partial charge in [0.05, 0.1) is 18.7 Å². The molecule has 4 heteroatoms. The van der Waals surface area contributed by atoms with Gasteiger partial charge in [0.25, 0.3) is 0 Å². The fraction of sp³-hybridized carbons (Fsp3) is 0.357. The Bertz CT molecular complexity index is 673. The molecule has 0 saturated carbocycles. The van der Waals surface area contributed by atoms with Crippen LogP contribution in [0.25, 0.3) is 10.9 Å². The highest BCUT2D eigenvalue weighted by molar-refractivity contribution is 5.83. The molecule has 1 aromatic carbocycles. The van der Waals surface area contributed by atoms with E-state index in [-0.39, 0.29) is 5.43 Å². The van der Waals surface area contributed by atoms with Crippen LogP contribution in [0.4, 0.5) is 0 Å². The minimum Gasteiger partial charge on any atom is -0.490 e. The van der Waals surface area contributed by atoms with Crippen molar-refractivity contribution in [2.45, 2.75) is 20.3 Å².